The van der Waals surface area contributed by atoms with Gasteiger partial charge in [0.25, 0.3) is 0 Å². The molecule has 0 aliphatic heterocycles. The predicted molar refractivity (Wildman–Crippen MR) is 68.9 cm³/mol. The van der Waals surface area contributed by atoms with E-state index in [9.17, 15) is 9.18 Å². The first kappa shape index (κ1) is 14.4. The average Bonchev–Trinajstić information content (AvgIpc) is 2.37. The number of halogens is 1. The van der Waals surface area contributed by atoms with Gasteiger partial charge in [0.05, 0.1) is 0 Å². The maximum Gasteiger partial charge on any atom is 0.319 e. The molecule has 2 amide bonds. The second-order valence-corrected chi connectivity index (χ2v) is 4.13. The topological polar surface area (TPSA) is 61.4 Å². The van der Waals surface area contributed by atoms with E-state index in [-0.39, 0.29) is 24.4 Å². The molecular weight excluding hydrogens is 235 g/mol. The molecule has 0 aliphatic carbocycles. The first-order chi connectivity index (χ1) is 8.65. The van der Waals surface area contributed by atoms with Crippen LogP contribution in [-0.2, 0) is 0 Å². The largest absolute Gasteiger partial charge is 0.396 e. The molecule has 1 aromatic carbocycles. The molecule has 0 fully saturated rings. The van der Waals surface area contributed by atoms with Gasteiger partial charge in [-0.05, 0) is 36.6 Å². The zero-order valence-corrected chi connectivity index (χ0v) is 10.4. The first-order valence-corrected chi connectivity index (χ1v) is 6.07. The highest BCUT2D eigenvalue weighted by atomic mass is 19.1. The number of hydrogen-bond acceptors (Lipinski definition) is 2. The molecule has 4 nitrogen and oxygen atoms in total. The fraction of sp³-hybridized carbons (Fsp3) is 0.462. The van der Waals surface area contributed by atoms with Crippen molar-refractivity contribution in [3.8, 4) is 0 Å². The van der Waals surface area contributed by atoms with Gasteiger partial charge in [0.15, 0.2) is 0 Å². The molecule has 0 aromatic heterocycles. The van der Waals surface area contributed by atoms with Gasteiger partial charge in [-0.1, -0.05) is 13.3 Å². The molecule has 5 heteroatoms. The van der Waals surface area contributed by atoms with E-state index in [1.807, 2.05) is 6.92 Å². The minimum Gasteiger partial charge on any atom is -0.396 e. The number of aliphatic hydroxyl groups excluding tert-OH is 1. The van der Waals surface area contributed by atoms with Crippen LogP contribution >= 0.6 is 0 Å². The molecule has 3 N–H and O–H groups in total. The predicted octanol–water partition coefficient (Wildman–Crippen LogP) is 2.36. The van der Waals surface area contributed by atoms with Gasteiger partial charge >= 0.3 is 6.03 Å². The van der Waals surface area contributed by atoms with Gasteiger partial charge in [0.2, 0.25) is 0 Å². The standard InChI is InChI=1S/C13H19FN2O2/c1-2-10(7-8-17)9-15-13(18)16-12-5-3-11(14)4-6-12/h3-6,10,17H,2,7-9H2,1H3,(H2,15,16,18). The van der Waals surface area contributed by atoms with Gasteiger partial charge < -0.3 is 15.7 Å². The van der Waals surface area contributed by atoms with Crippen LogP contribution in [0.4, 0.5) is 14.9 Å². The number of amides is 2. The Morgan fingerprint density at radius 2 is 2.06 bits per heavy atom. The molecule has 0 bridgehead atoms. The van der Waals surface area contributed by atoms with Gasteiger partial charge in [-0.25, -0.2) is 9.18 Å². The molecular formula is C13H19FN2O2. The van der Waals surface area contributed by atoms with E-state index in [0.717, 1.165) is 6.42 Å². The van der Waals surface area contributed by atoms with E-state index in [1.54, 1.807) is 0 Å². The maximum absolute atomic E-state index is 12.7. The molecule has 18 heavy (non-hydrogen) atoms. The average molecular weight is 254 g/mol. The van der Waals surface area contributed by atoms with Gasteiger partial charge in [0, 0.05) is 18.8 Å². The molecule has 100 valence electrons. The summed E-state index contributed by atoms with van der Waals surface area (Å²) in [5, 5.41) is 14.2. The summed E-state index contributed by atoms with van der Waals surface area (Å²) in [6, 6.07) is 5.25. The molecule has 0 spiro atoms. The number of hydrogen-bond donors (Lipinski definition) is 3. The number of anilines is 1. The van der Waals surface area contributed by atoms with Crippen LogP contribution in [-0.4, -0.2) is 24.3 Å². The van der Waals surface area contributed by atoms with Crippen molar-refractivity contribution in [1.82, 2.24) is 5.32 Å². The second-order valence-electron chi connectivity index (χ2n) is 4.13. The molecule has 1 atom stereocenters. The summed E-state index contributed by atoms with van der Waals surface area (Å²) in [6.07, 6.45) is 1.57. The molecule has 1 aromatic rings. The Morgan fingerprint density at radius 3 is 2.61 bits per heavy atom. The Kier molecular flexibility index (Phi) is 6.14. The highest BCUT2D eigenvalue weighted by Crippen LogP contribution is 2.08. The van der Waals surface area contributed by atoms with Crippen LogP contribution in [0.2, 0.25) is 0 Å². The summed E-state index contributed by atoms with van der Waals surface area (Å²) in [5.41, 5.74) is 0.545. The highest BCUT2D eigenvalue weighted by Gasteiger charge is 2.08. The third-order valence-corrected chi connectivity index (χ3v) is 2.77. The lowest BCUT2D eigenvalue weighted by Gasteiger charge is -2.14. The molecule has 1 unspecified atom stereocenters. The van der Waals surface area contributed by atoms with Crippen molar-refractivity contribution < 1.29 is 14.3 Å². The van der Waals surface area contributed by atoms with E-state index in [4.69, 9.17) is 5.11 Å². The third kappa shape index (κ3) is 5.14. The highest BCUT2D eigenvalue weighted by molar-refractivity contribution is 5.89. The molecule has 0 aliphatic rings. The molecule has 0 heterocycles. The number of carbonyl (C=O) groups is 1. The lowest BCUT2D eigenvalue weighted by atomic mass is 10.0. The Morgan fingerprint density at radius 1 is 1.39 bits per heavy atom. The summed E-state index contributed by atoms with van der Waals surface area (Å²) in [4.78, 5) is 11.5. The van der Waals surface area contributed by atoms with Gasteiger partial charge in [-0.15, -0.1) is 0 Å². The zero-order valence-electron chi connectivity index (χ0n) is 10.4. The fourth-order valence-electron chi connectivity index (χ4n) is 1.58. The van der Waals surface area contributed by atoms with Crippen LogP contribution in [0.15, 0.2) is 24.3 Å². The minimum absolute atomic E-state index is 0.125. The molecule has 0 radical (unpaired) electrons. The van der Waals surface area contributed by atoms with E-state index >= 15 is 0 Å². The van der Waals surface area contributed by atoms with Crippen molar-refractivity contribution in [2.24, 2.45) is 5.92 Å². The fourth-order valence-corrected chi connectivity index (χ4v) is 1.58. The van der Waals surface area contributed by atoms with Crippen LogP contribution in [0, 0.1) is 11.7 Å². The lowest BCUT2D eigenvalue weighted by Crippen LogP contribution is -2.33. The van der Waals surface area contributed by atoms with Crippen LogP contribution < -0.4 is 10.6 Å². The zero-order chi connectivity index (χ0) is 13.4. The van der Waals surface area contributed by atoms with Gasteiger partial charge in [-0.3, -0.25) is 0 Å². The van der Waals surface area contributed by atoms with Crippen LogP contribution in [0.3, 0.4) is 0 Å². The van der Waals surface area contributed by atoms with Crippen molar-refractivity contribution in [2.75, 3.05) is 18.5 Å². The van der Waals surface area contributed by atoms with Crippen molar-refractivity contribution in [1.29, 1.82) is 0 Å². The van der Waals surface area contributed by atoms with Crippen molar-refractivity contribution in [2.45, 2.75) is 19.8 Å². The number of aliphatic hydroxyl groups is 1. The normalized spacial score (nSPS) is 11.9. The van der Waals surface area contributed by atoms with Crippen LogP contribution in [0.5, 0.6) is 0 Å². The van der Waals surface area contributed by atoms with Crippen molar-refractivity contribution in [3.05, 3.63) is 30.1 Å². The first-order valence-electron chi connectivity index (χ1n) is 6.07. The summed E-state index contributed by atoms with van der Waals surface area (Å²) in [5.74, 6) is -0.0658. The van der Waals surface area contributed by atoms with Gasteiger partial charge in [0.1, 0.15) is 5.82 Å². The summed E-state index contributed by atoms with van der Waals surface area (Å²) in [6.45, 7) is 2.66. The maximum atomic E-state index is 12.7. The molecule has 0 saturated carbocycles. The number of carbonyl (C=O) groups excluding carboxylic acids is 1. The van der Waals surface area contributed by atoms with Crippen LogP contribution in [0.1, 0.15) is 19.8 Å². The summed E-state index contributed by atoms with van der Waals surface area (Å²) < 4.78 is 12.7. The monoisotopic (exact) mass is 254 g/mol. The Bertz CT molecular complexity index is 368. The number of nitrogens with one attached hydrogen (secondary N) is 2. The van der Waals surface area contributed by atoms with E-state index in [1.165, 1.54) is 24.3 Å². The quantitative estimate of drug-likeness (QED) is 0.729. The Hall–Kier alpha value is -1.62. The third-order valence-electron chi connectivity index (χ3n) is 2.77. The van der Waals surface area contributed by atoms with Crippen LogP contribution in [0.25, 0.3) is 0 Å². The Balaban J connectivity index is 2.35. The SMILES string of the molecule is CCC(CCO)CNC(=O)Nc1ccc(F)cc1. The lowest BCUT2D eigenvalue weighted by molar-refractivity contribution is 0.238. The van der Waals surface area contributed by atoms with Crippen molar-refractivity contribution >= 4 is 11.7 Å². The van der Waals surface area contributed by atoms with E-state index in [2.05, 4.69) is 10.6 Å². The Labute approximate surface area is 106 Å². The second kappa shape index (κ2) is 7.66. The van der Waals surface area contributed by atoms with Gasteiger partial charge in [-0.2, -0.15) is 0 Å². The summed E-state index contributed by atoms with van der Waals surface area (Å²) >= 11 is 0. The number of urea groups is 1. The molecule has 0 saturated heterocycles. The number of benzene rings is 1. The van der Waals surface area contributed by atoms with E-state index in [0.29, 0.717) is 18.7 Å². The molecule has 1 rings (SSSR count). The summed E-state index contributed by atoms with van der Waals surface area (Å²) in [7, 11) is 0. The van der Waals surface area contributed by atoms with Crippen molar-refractivity contribution in [3.63, 3.8) is 0 Å². The minimum atomic E-state index is -0.338. The number of rotatable bonds is 6. The smallest absolute Gasteiger partial charge is 0.319 e. The van der Waals surface area contributed by atoms with E-state index < -0.39 is 0 Å².